The summed E-state index contributed by atoms with van der Waals surface area (Å²) >= 11 is 0. The number of rotatable bonds is 4. The van der Waals surface area contributed by atoms with E-state index >= 15 is 0 Å². The van der Waals surface area contributed by atoms with Crippen molar-refractivity contribution in [3.05, 3.63) is 39.9 Å². The molecule has 2 aliphatic rings. The van der Waals surface area contributed by atoms with Gasteiger partial charge in [-0.15, -0.1) is 0 Å². The molecular weight excluding hydrogens is 353 g/mol. The van der Waals surface area contributed by atoms with Crippen molar-refractivity contribution >= 4 is 28.5 Å². The second kappa shape index (κ2) is 6.37. The Labute approximate surface area is 154 Å². The van der Waals surface area contributed by atoms with E-state index in [-0.39, 0.29) is 28.8 Å². The number of carboxylic acid groups (broad SMARTS) is 1. The third kappa shape index (κ3) is 3.05. The Balaban J connectivity index is 1.80. The number of hydrogen-bond donors (Lipinski definition) is 2. The number of amides is 1. The lowest BCUT2D eigenvalue weighted by Crippen LogP contribution is -2.39. The molecule has 2 heterocycles. The lowest BCUT2D eigenvalue weighted by Gasteiger charge is -2.32. The van der Waals surface area contributed by atoms with Crippen molar-refractivity contribution in [1.82, 2.24) is 4.57 Å². The van der Waals surface area contributed by atoms with Crippen molar-refractivity contribution in [1.29, 1.82) is 0 Å². The Bertz CT molecular complexity index is 1000. The molecule has 0 radical (unpaired) electrons. The van der Waals surface area contributed by atoms with Crippen LogP contribution in [-0.2, 0) is 4.79 Å². The molecule has 1 saturated heterocycles. The van der Waals surface area contributed by atoms with Crippen molar-refractivity contribution in [2.45, 2.75) is 31.7 Å². The van der Waals surface area contributed by atoms with Crippen LogP contribution < -0.4 is 16.1 Å². The van der Waals surface area contributed by atoms with Crippen LogP contribution in [0.15, 0.2) is 23.1 Å². The van der Waals surface area contributed by atoms with Crippen molar-refractivity contribution in [2.75, 3.05) is 18.0 Å². The quantitative estimate of drug-likeness (QED) is 0.851. The Kier molecular flexibility index (Phi) is 4.13. The van der Waals surface area contributed by atoms with Crippen LogP contribution in [0.2, 0.25) is 0 Å². The molecule has 0 bridgehead atoms. The average molecular weight is 373 g/mol. The molecule has 0 unspecified atom stereocenters. The van der Waals surface area contributed by atoms with Crippen LogP contribution >= 0.6 is 0 Å². The topological polar surface area (TPSA) is 106 Å². The van der Waals surface area contributed by atoms with E-state index < -0.39 is 17.2 Å². The SMILES string of the molecule is NC(=O)C1CCN(c2cc3c(cc2F)c(=O)c(C(=O)O)cn3C2CC2)CC1. The number of pyridine rings is 1. The molecule has 1 saturated carbocycles. The number of benzene rings is 1. The van der Waals surface area contributed by atoms with Gasteiger partial charge in [-0.2, -0.15) is 0 Å². The molecule has 8 heteroatoms. The van der Waals surface area contributed by atoms with Gasteiger partial charge >= 0.3 is 5.97 Å². The van der Waals surface area contributed by atoms with Crippen LogP contribution in [0.5, 0.6) is 0 Å². The van der Waals surface area contributed by atoms with Gasteiger partial charge < -0.3 is 20.3 Å². The second-order valence-electron chi connectivity index (χ2n) is 7.30. The number of halogens is 1. The Morgan fingerprint density at radius 1 is 1.15 bits per heavy atom. The fourth-order valence-electron chi connectivity index (χ4n) is 3.81. The van der Waals surface area contributed by atoms with Gasteiger partial charge in [0.2, 0.25) is 11.3 Å². The Morgan fingerprint density at radius 2 is 1.81 bits per heavy atom. The number of carbonyl (C=O) groups is 2. The Hall–Kier alpha value is -2.90. The van der Waals surface area contributed by atoms with E-state index in [1.165, 1.54) is 6.20 Å². The highest BCUT2D eigenvalue weighted by Crippen LogP contribution is 2.38. The summed E-state index contributed by atoms with van der Waals surface area (Å²) in [5.41, 5.74) is 5.24. The average Bonchev–Trinajstić information content (AvgIpc) is 3.47. The van der Waals surface area contributed by atoms with Gasteiger partial charge in [-0.1, -0.05) is 0 Å². The molecule has 2 fully saturated rings. The number of hydrogen-bond acceptors (Lipinski definition) is 4. The van der Waals surface area contributed by atoms with Crippen molar-refractivity contribution in [3.8, 4) is 0 Å². The van der Waals surface area contributed by atoms with Crippen molar-refractivity contribution < 1.29 is 19.1 Å². The number of piperidine rings is 1. The number of aromatic carboxylic acids is 1. The largest absolute Gasteiger partial charge is 0.477 e. The first kappa shape index (κ1) is 17.5. The molecular formula is C19H20FN3O4. The van der Waals surface area contributed by atoms with Gasteiger partial charge in [0.15, 0.2) is 0 Å². The first-order valence-electron chi connectivity index (χ1n) is 9.02. The van der Waals surface area contributed by atoms with Crippen molar-refractivity contribution in [3.63, 3.8) is 0 Å². The monoisotopic (exact) mass is 373 g/mol. The molecule has 27 heavy (non-hydrogen) atoms. The fourth-order valence-corrected chi connectivity index (χ4v) is 3.81. The summed E-state index contributed by atoms with van der Waals surface area (Å²) in [5.74, 6) is -2.42. The van der Waals surface area contributed by atoms with Crippen LogP contribution in [0.25, 0.3) is 10.9 Å². The summed E-state index contributed by atoms with van der Waals surface area (Å²) < 4.78 is 16.6. The molecule has 0 atom stereocenters. The van der Waals surface area contributed by atoms with Gasteiger partial charge in [-0.3, -0.25) is 9.59 Å². The highest BCUT2D eigenvalue weighted by molar-refractivity contribution is 5.93. The van der Waals surface area contributed by atoms with E-state index in [9.17, 15) is 23.9 Å². The number of aromatic nitrogens is 1. The number of nitrogens with two attached hydrogens (primary N) is 1. The normalized spacial score (nSPS) is 18.0. The van der Waals surface area contributed by atoms with E-state index in [1.807, 2.05) is 4.90 Å². The number of carboxylic acids is 1. The maximum atomic E-state index is 14.8. The number of fused-ring (bicyclic) bond motifs is 1. The minimum Gasteiger partial charge on any atom is -0.477 e. The minimum atomic E-state index is -1.31. The first-order chi connectivity index (χ1) is 12.9. The molecule has 4 rings (SSSR count). The standard InChI is InChI=1S/C19H20FN3O4/c20-14-7-12-15(8-16(14)22-5-3-10(4-6-22)18(21)25)23(11-1-2-11)9-13(17(12)24)19(26)27/h7-11H,1-6H2,(H2,21,25)(H,26,27). The van der Waals surface area contributed by atoms with Gasteiger partial charge in [0.05, 0.1) is 11.2 Å². The number of nitrogens with zero attached hydrogens (tertiary/aromatic N) is 2. The predicted octanol–water partition coefficient (Wildman–Crippen LogP) is 1.88. The smallest absolute Gasteiger partial charge is 0.341 e. The second-order valence-corrected chi connectivity index (χ2v) is 7.30. The van der Waals surface area contributed by atoms with Crippen molar-refractivity contribution in [2.24, 2.45) is 11.7 Å². The summed E-state index contributed by atoms with van der Waals surface area (Å²) in [7, 11) is 0. The summed E-state index contributed by atoms with van der Waals surface area (Å²) in [4.78, 5) is 37.1. The van der Waals surface area contributed by atoms with Gasteiger partial charge in [-0.25, -0.2) is 9.18 Å². The highest BCUT2D eigenvalue weighted by Gasteiger charge is 2.29. The van der Waals surface area contributed by atoms with E-state index in [4.69, 9.17) is 5.73 Å². The first-order valence-corrected chi connectivity index (χ1v) is 9.02. The van der Waals surface area contributed by atoms with E-state index in [2.05, 4.69) is 0 Å². The van der Waals surface area contributed by atoms with E-state index in [0.717, 1.165) is 18.9 Å². The zero-order valence-corrected chi connectivity index (χ0v) is 14.7. The highest BCUT2D eigenvalue weighted by atomic mass is 19.1. The molecule has 2 aromatic rings. The molecule has 1 amide bonds. The Morgan fingerprint density at radius 3 is 2.37 bits per heavy atom. The molecule has 7 nitrogen and oxygen atoms in total. The number of anilines is 1. The molecule has 0 spiro atoms. The van der Waals surface area contributed by atoms with Crippen LogP contribution in [0.3, 0.4) is 0 Å². The molecule has 1 aromatic heterocycles. The zero-order valence-electron chi connectivity index (χ0n) is 14.7. The third-order valence-electron chi connectivity index (χ3n) is 5.51. The van der Waals surface area contributed by atoms with Gasteiger partial charge in [-0.05, 0) is 37.8 Å². The maximum Gasteiger partial charge on any atom is 0.341 e. The number of carbonyl (C=O) groups excluding carboxylic acids is 1. The molecule has 1 aliphatic carbocycles. The van der Waals surface area contributed by atoms with Gasteiger partial charge in [0.25, 0.3) is 0 Å². The summed E-state index contributed by atoms with van der Waals surface area (Å²) in [6.45, 7) is 0.994. The van der Waals surface area contributed by atoms with Crippen LogP contribution in [0.4, 0.5) is 10.1 Å². The molecule has 1 aliphatic heterocycles. The van der Waals surface area contributed by atoms with Crippen LogP contribution in [0, 0.1) is 11.7 Å². The zero-order chi connectivity index (χ0) is 19.3. The molecule has 3 N–H and O–H groups in total. The fraction of sp³-hybridized carbons (Fsp3) is 0.421. The third-order valence-corrected chi connectivity index (χ3v) is 5.51. The lowest BCUT2D eigenvalue weighted by atomic mass is 9.95. The lowest BCUT2D eigenvalue weighted by molar-refractivity contribution is -0.122. The summed E-state index contributed by atoms with van der Waals surface area (Å²) in [5, 5.41) is 9.37. The van der Waals surface area contributed by atoms with E-state index in [0.29, 0.717) is 37.1 Å². The van der Waals surface area contributed by atoms with E-state index in [1.54, 1.807) is 10.6 Å². The minimum absolute atomic E-state index is 0.0788. The molecule has 1 aromatic carbocycles. The summed E-state index contributed by atoms with van der Waals surface area (Å²) in [6, 6.07) is 2.89. The maximum absolute atomic E-state index is 14.8. The van der Waals surface area contributed by atoms with Gasteiger partial charge in [0, 0.05) is 36.6 Å². The van der Waals surface area contributed by atoms with Crippen LogP contribution in [-0.4, -0.2) is 34.6 Å². The number of primary amides is 1. The predicted molar refractivity (Wildman–Crippen MR) is 97.5 cm³/mol. The molecule has 142 valence electrons. The summed E-state index contributed by atoms with van der Waals surface area (Å²) in [6.07, 6.45) is 4.27. The van der Waals surface area contributed by atoms with Crippen LogP contribution in [0.1, 0.15) is 42.1 Å². The van der Waals surface area contributed by atoms with Gasteiger partial charge in [0.1, 0.15) is 11.4 Å².